The van der Waals surface area contributed by atoms with E-state index in [1.54, 1.807) is 14.2 Å². The molecule has 1 unspecified atom stereocenters. The van der Waals surface area contributed by atoms with Crippen molar-refractivity contribution in [1.82, 2.24) is 4.90 Å². The number of ether oxygens (including phenoxy) is 4. The van der Waals surface area contributed by atoms with Gasteiger partial charge in [-0.15, -0.1) is 0 Å². The molecule has 0 fully saturated rings. The third-order valence-corrected chi connectivity index (χ3v) is 2.87. The maximum absolute atomic E-state index is 5.73. The molecule has 0 aliphatic carbocycles. The Morgan fingerprint density at radius 2 is 1.63 bits per heavy atom. The zero-order valence-electron chi connectivity index (χ0n) is 13.2. The van der Waals surface area contributed by atoms with Crippen LogP contribution >= 0.6 is 0 Å². The van der Waals surface area contributed by atoms with Crippen LogP contribution < -0.4 is 0 Å². The Labute approximate surface area is 118 Å². The van der Waals surface area contributed by atoms with E-state index in [0.29, 0.717) is 26.4 Å². The van der Waals surface area contributed by atoms with Crippen LogP contribution in [0, 0.1) is 0 Å². The van der Waals surface area contributed by atoms with E-state index in [1.165, 1.54) is 0 Å². The second-order valence-electron chi connectivity index (χ2n) is 4.73. The van der Waals surface area contributed by atoms with Crippen molar-refractivity contribution in [3.05, 3.63) is 0 Å². The molecule has 0 heterocycles. The van der Waals surface area contributed by atoms with E-state index >= 15 is 0 Å². The number of methoxy groups -OCH3 is 2. The minimum Gasteiger partial charge on any atom is -0.383 e. The Bertz CT molecular complexity index is 190. The van der Waals surface area contributed by atoms with Gasteiger partial charge < -0.3 is 18.9 Å². The third kappa shape index (κ3) is 10.3. The van der Waals surface area contributed by atoms with Gasteiger partial charge in [0, 0.05) is 20.8 Å². The molecule has 5 heteroatoms. The van der Waals surface area contributed by atoms with Gasteiger partial charge in [0.15, 0.2) is 0 Å². The van der Waals surface area contributed by atoms with Crippen molar-refractivity contribution < 1.29 is 18.9 Å². The molecule has 0 aromatic heterocycles. The quantitative estimate of drug-likeness (QED) is 0.476. The Morgan fingerprint density at radius 3 is 2.16 bits per heavy atom. The smallest absolute Gasteiger partial charge is 0.0701 e. The maximum Gasteiger partial charge on any atom is 0.0701 e. The van der Waals surface area contributed by atoms with E-state index < -0.39 is 0 Å². The molecular formula is C14H31NO4. The summed E-state index contributed by atoms with van der Waals surface area (Å²) in [4.78, 5) is 2.33. The Morgan fingerprint density at radius 1 is 0.947 bits per heavy atom. The van der Waals surface area contributed by atoms with Gasteiger partial charge in [0.25, 0.3) is 0 Å². The zero-order valence-corrected chi connectivity index (χ0v) is 13.2. The fraction of sp³-hybridized carbons (Fsp3) is 1.00. The first-order valence-corrected chi connectivity index (χ1v) is 7.06. The van der Waals surface area contributed by atoms with E-state index in [2.05, 4.69) is 11.8 Å². The van der Waals surface area contributed by atoms with Gasteiger partial charge in [0.05, 0.1) is 45.2 Å². The number of likely N-dealkylation sites (N-methyl/N-ethyl adjacent to an activating group) is 1. The average molecular weight is 277 g/mol. The lowest BCUT2D eigenvalue weighted by Gasteiger charge is -2.30. The maximum atomic E-state index is 5.73. The molecule has 0 saturated heterocycles. The summed E-state index contributed by atoms with van der Waals surface area (Å²) in [6.45, 7) is 11.4. The molecule has 0 aromatic carbocycles. The monoisotopic (exact) mass is 277 g/mol. The molecular weight excluding hydrogens is 246 g/mol. The lowest BCUT2D eigenvalue weighted by molar-refractivity contribution is -0.0256. The number of nitrogens with zero attached hydrogens (tertiary/aromatic N) is 1. The second kappa shape index (κ2) is 12.8. The van der Waals surface area contributed by atoms with Crippen LogP contribution in [0.3, 0.4) is 0 Å². The topological polar surface area (TPSA) is 40.2 Å². The molecule has 0 aliphatic heterocycles. The van der Waals surface area contributed by atoms with Gasteiger partial charge in [-0.05, 0) is 20.4 Å². The van der Waals surface area contributed by atoms with Crippen LogP contribution in [-0.2, 0) is 18.9 Å². The van der Waals surface area contributed by atoms with E-state index in [1.807, 2.05) is 13.8 Å². The van der Waals surface area contributed by atoms with Crippen LogP contribution in [0.5, 0.6) is 0 Å². The lowest BCUT2D eigenvalue weighted by Crippen LogP contribution is -2.44. The SMILES string of the molecule is CCN(CCOC)C(COCCOC)COC(C)C. The van der Waals surface area contributed by atoms with Crippen molar-refractivity contribution in [2.24, 2.45) is 0 Å². The summed E-state index contributed by atoms with van der Waals surface area (Å²) in [6.07, 6.45) is 0.239. The van der Waals surface area contributed by atoms with Gasteiger partial charge in [-0.25, -0.2) is 0 Å². The molecule has 0 saturated carbocycles. The molecule has 0 aliphatic rings. The fourth-order valence-electron chi connectivity index (χ4n) is 1.73. The summed E-state index contributed by atoms with van der Waals surface area (Å²) in [5, 5.41) is 0. The molecule has 116 valence electrons. The van der Waals surface area contributed by atoms with Crippen molar-refractivity contribution in [3.63, 3.8) is 0 Å². The molecule has 1 atom stereocenters. The highest BCUT2D eigenvalue weighted by molar-refractivity contribution is 4.70. The molecule has 0 aromatic rings. The van der Waals surface area contributed by atoms with Crippen LogP contribution in [-0.4, -0.2) is 77.4 Å². The highest BCUT2D eigenvalue weighted by atomic mass is 16.5. The second-order valence-corrected chi connectivity index (χ2v) is 4.73. The van der Waals surface area contributed by atoms with Crippen LogP contribution in [0.2, 0.25) is 0 Å². The molecule has 0 N–H and O–H groups in total. The highest BCUT2D eigenvalue weighted by Crippen LogP contribution is 2.04. The first-order valence-electron chi connectivity index (χ1n) is 7.06. The average Bonchev–Trinajstić information content (AvgIpc) is 2.40. The van der Waals surface area contributed by atoms with Crippen molar-refractivity contribution >= 4 is 0 Å². The summed E-state index contributed by atoms with van der Waals surface area (Å²) in [6, 6.07) is 0.263. The van der Waals surface area contributed by atoms with Gasteiger partial charge in [-0.3, -0.25) is 4.90 Å². The summed E-state index contributed by atoms with van der Waals surface area (Å²) in [7, 11) is 3.40. The van der Waals surface area contributed by atoms with Crippen LogP contribution in [0.1, 0.15) is 20.8 Å². The van der Waals surface area contributed by atoms with Gasteiger partial charge in [0.2, 0.25) is 0 Å². The van der Waals surface area contributed by atoms with Crippen molar-refractivity contribution in [2.45, 2.75) is 32.9 Å². The van der Waals surface area contributed by atoms with Crippen LogP contribution in [0.25, 0.3) is 0 Å². The van der Waals surface area contributed by atoms with Crippen LogP contribution in [0.15, 0.2) is 0 Å². The van der Waals surface area contributed by atoms with E-state index in [-0.39, 0.29) is 12.1 Å². The molecule has 0 radical (unpaired) electrons. The number of hydrogen-bond acceptors (Lipinski definition) is 5. The van der Waals surface area contributed by atoms with Crippen molar-refractivity contribution in [2.75, 3.05) is 60.3 Å². The Kier molecular flexibility index (Phi) is 12.7. The summed E-state index contributed by atoms with van der Waals surface area (Å²) in [5.41, 5.74) is 0. The van der Waals surface area contributed by atoms with Gasteiger partial charge in [-0.2, -0.15) is 0 Å². The predicted octanol–water partition coefficient (Wildman–Crippen LogP) is 1.41. The predicted molar refractivity (Wildman–Crippen MR) is 76.7 cm³/mol. The van der Waals surface area contributed by atoms with E-state index in [9.17, 15) is 0 Å². The Hall–Kier alpha value is -0.200. The minimum absolute atomic E-state index is 0.239. The fourth-order valence-corrected chi connectivity index (χ4v) is 1.73. The van der Waals surface area contributed by atoms with Crippen LogP contribution in [0.4, 0.5) is 0 Å². The number of rotatable bonds is 13. The summed E-state index contributed by atoms with van der Waals surface area (Å²) < 4.78 is 21.5. The molecule has 0 rings (SSSR count). The first-order chi connectivity index (χ1) is 9.15. The molecule has 19 heavy (non-hydrogen) atoms. The van der Waals surface area contributed by atoms with Crippen molar-refractivity contribution in [1.29, 1.82) is 0 Å². The minimum atomic E-state index is 0.239. The molecule has 5 nitrogen and oxygen atoms in total. The molecule has 0 bridgehead atoms. The molecule has 0 amide bonds. The van der Waals surface area contributed by atoms with Gasteiger partial charge in [0.1, 0.15) is 0 Å². The number of hydrogen-bond donors (Lipinski definition) is 0. The van der Waals surface area contributed by atoms with E-state index in [4.69, 9.17) is 18.9 Å². The third-order valence-electron chi connectivity index (χ3n) is 2.87. The standard InChI is InChI=1S/C14H31NO4/c1-6-15(7-8-16-4)14(12-19-13(2)3)11-18-10-9-17-5/h13-14H,6-12H2,1-5H3. The highest BCUT2D eigenvalue weighted by Gasteiger charge is 2.18. The largest absolute Gasteiger partial charge is 0.383 e. The summed E-state index contributed by atoms with van der Waals surface area (Å²) in [5.74, 6) is 0. The zero-order chi connectivity index (χ0) is 14.5. The molecule has 0 spiro atoms. The lowest BCUT2D eigenvalue weighted by atomic mass is 10.2. The van der Waals surface area contributed by atoms with Gasteiger partial charge >= 0.3 is 0 Å². The first kappa shape index (κ1) is 18.8. The normalized spacial score (nSPS) is 13.4. The van der Waals surface area contributed by atoms with E-state index in [0.717, 1.165) is 19.7 Å². The summed E-state index contributed by atoms with van der Waals surface area (Å²) >= 11 is 0. The van der Waals surface area contributed by atoms with Crippen molar-refractivity contribution in [3.8, 4) is 0 Å². The van der Waals surface area contributed by atoms with Gasteiger partial charge in [-0.1, -0.05) is 6.92 Å². The Balaban J connectivity index is 4.18.